The van der Waals surface area contributed by atoms with Gasteiger partial charge in [-0.3, -0.25) is 4.79 Å². The molecule has 17 heavy (non-hydrogen) atoms. The van der Waals surface area contributed by atoms with E-state index in [0.717, 1.165) is 17.7 Å². The number of hydrogen-bond donors (Lipinski definition) is 1. The van der Waals surface area contributed by atoms with E-state index in [1.54, 1.807) is 7.11 Å². The molecule has 1 amide bonds. The van der Waals surface area contributed by atoms with Crippen LogP contribution in [0.3, 0.4) is 0 Å². The Hall–Kier alpha value is -1.03. The number of rotatable bonds is 5. The first kappa shape index (κ1) is 14.0. The van der Waals surface area contributed by atoms with E-state index in [0.29, 0.717) is 0 Å². The quantitative estimate of drug-likeness (QED) is 0.849. The van der Waals surface area contributed by atoms with E-state index < -0.39 is 0 Å². The molecule has 1 rings (SSSR count). The van der Waals surface area contributed by atoms with Crippen LogP contribution in [0.5, 0.6) is 5.75 Å². The lowest BCUT2D eigenvalue weighted by Gasteiger charge is -2.16. The van der Waals surface area contributed by atoms with E-state index in [-0.39, 0.29) is 16.8 Å². The highest BCUT2D eigenvalue weighted by atomic mass is 79.9. The average molecular weight is 300 g/mol. The van der Waals surface area contributed by atoms with Crippen molar-refractivity contribution in [3.8, 4) is 5.75 Å². The molecule has 94 valence electrons. The minimum absolute atomic E-state index is 0.00000567. The Morgan fingerprint density at radius 3 is 2.47 bits per heavy atom. The van der Waals surface area contributed by atoms with Crippen molar-refractivity contribution < 1.29 is 9.53 Å². The van der Waals surface area contributed by atoms with Crippen LogP contribution in [0, 0.1) is 0 Å². The zero-order chi connectivity index (χ0) is 12.8. The lowest BCUT2D eigenvalue weighted by atomic mass is 10.1. The zero-order valence-electron chi connectivity index (χ0n) is 10.4. The van der Waals surface area contributed by atoms with Gasteiger partial charge in [-0.2, -0.15) is 0 Å². The van der Waals surface area contributed by atoms with E-state index in [4.69, 9.17) is 4.74 Å². The van der Waals surface area contributed by atoms with Crippen LogP contribution in [-0.4, -0.2) is 17.8 Å². The highest BCUT2D eigenvalue weighted by Crippen LogP contribution is 2.18. The van der Waals surface area contributed by atoms with Gasteiger partial charge in [0.25, 0.3) is 0 Å². The molecule has 2 atom stereocenters. The lowest BCUT2D eigenvalue weighted by Crippen LogP contribution is -2.32. The number of alkyl halides is 1. The highest BCUT2D eigenvalue weighted by Gasteiger charge is 2.15. The topological polar surface area (TPSA) is 38.3 Å². The first-order chi connectivity index (χ1) is 8.08. The molecular weight excluding hydrogens is 282 g/mol. The van der Waals surface area contributed by atoms with Crippen molar-refractivity contribution in [3.63, 3.8) is 0 Å². The van der Waals surface area contributed by atoms with E-state index in [9.17, 15) is 4.79 Å². The van der Waals surface area contributed by atoms with Crippen molar-refractivity contribution in [1.82, 2.24) is 5.32 Å². The Morgan fingerprint density at radius 1 is 1.41 bits per heavy atom. The third kappa shape index (κ3) is 4.04. The number of nitrogens with one attached hydrogen (secondary N) is 1. The summed E-state index contributed by atoms with van der Waals surface area (Å²) in [4.78, 5) is 11.6. The van der Waals surface area contributed by atoms with Crippen molar-refractivity contribution in [3.05, 3.63) is 29.8 Å². The van der Waals surface area contributed by atoms with Crippen LogP contribution in [0.4, 0.5) is 0 Å². The molecule has 0 unspecified atom stereocenters. The van der Waals surface area contributed by atoms with E-state index in [1.807, 2.05) is 38.1 Å². The number of benzene rings is 1. The number of hydrogen-bond acceptors (Lipinski definition) is 2. The maximum absolute atomic E-state index is 11.7. The van der Waals surface area contributed by atoms with Crippen LogP contribution in [-0.2, 0) is 4.79 Å². The molecule has 0 spiro atoms. The van der Waals surface area contributed by atoms with Crippen molar-refractivity contribution in [2.45, 2.75) is 31.1 Å². The number of carbonyl (C=O) groups is 1. The smallest absolute Gasteiger partial charge is 0.234 e. The summed E-state index contributed by atoms with van der Waals surface area (Å²) in [5.41, 5.74) is 1.06. The predicted octanol–water partition coefficient (Wildman–Crippen LogP) is 3.05. The number of carbonyl (C=O) groups excluding carboxylic acids is 1. The molecular formula is C13H18BrNO2. The summed E-state index contributed by atoms with van der Waals surface area (Å²) in [5, 5.41) is 2.96. The normalized spacial score (nSPS) is 13.9. The molecule has 0 bridgehead atoms. The summed E-state index contributed by atoms with van der Waals surface area (Å²) in [6, 6.07) is 7.70. The van der Waals surface area contributed by atoms with Gasteiger partial charge in [-0.15, -0.1) is 0 Å². The number of halogens is 1. The van der Waals surface area contributed by atoms with Gasteiger partial charge in [0, 0.05) is 0 Å². The summed E-state index contributed by atoms with van der Waals surface area (Å²) in [6.45, 7) is 3.94. The van der Waals surface area contributed by atoms with Crippen LogP contribution in [0.1, 0.15) is 31.9 Å². The summed E-state index contributed by atoms with van der Waals surface area (Å²) in [6.07, 6.45) is 0.779. The molecule has 0 aromatic heterocycles. The standard InChI is InChI=1S/C13H18BrNO2/c1-4-12(14)13(16)15-9(2)10-5-7-11(17-3)8-6-10/h5-9,12H,4H2,1-3H3,(H,15,16)/t9-,12+/m0/s1. The first-order valence-corrected chi connectivity index (χ1v) is 6.58. The molecule has 0 fully saturated rings. The molecule has 1 aromatic carbocycles. The Labute approximate surface area is 111 Å². The van der Waals surface area contributed by atoms with Crippen molar-refractivity contribution in [1.29, 1.82) is 0 Å². The largest absolute Gasteiger partial charge is 0.497 e. The number of methoxy groups -OCH3 is 1. The lowest BCUT2D eigenvalue weighted by molar-refractivity contribution is -0.121. The monoisotopic (exact) mass is 299 g/mol. The molecule has 0 saturated heterocycles. The van der Waals surface area contributed by atoms with Gasteiger partial charge in [-0.05, 0) is 31.0 Å². The summed E-state index contributed by atoms with van der Waals surface area (Å²) >= 11 is 3.33. The molecule has 0 radical (unpaired) electrons. The van der Waals surface area contributed by atoms with Crippen molar-refractivity contribution >= 4 is 21.8 Å². The van der Waals surface area contributed by atoms with Gasteiger partial charge >= 0.3 is 0 Å². The third-order valence-corrected chi connectivity index (χ3v) is 3.68. The van der Waals surface area contributed by atoms with Crippen molar-refractivity contribution in [2.75, 3.05) is 7.11 Å². The third-order valence-electron chi connectivity index (χ3n) is 2.62. The fraction of sp³-hybridized carbons (Fsp3) is 0.462. The van der Waals surface area contributed by atoms with Gasteiger partial charge in [0.05, 0.1) is 18.0 Å². The maximum Gasteiger partial charge on any atom is 0.234 e. The fourth-order valence-corrected chi connectivity index (χ4v) is 1.60. The molecule has 0 aliphatic carbocycles. The molecule has 0 heterocycles. The van der Waals surface area contributed by atoms with Gasteiger partial charge < -0.3 is 10.1 Å². The van der Waals surface area contributed by atoms with Gasteiger partial charge in [0.2, 0.25) is 5.91 Å². The van der Waals surface area contributed by atoms with Gasteiger partial charge in [0.15, 0.2) is 0 Å². The average Bonchev–Trinajstić information content (AvgIpc) is 2.37. The van der Waals surface area contributed by atoms with Gasteiger partial charge in [-0.1, -0.05) is 35.0 Å². The van der Waals surface area contributed by atoms with Gasteiger partial charge in [-0.25, -0.2) is 0 Å². The Kier molecular flexibility index (Phi) is 5.48. The summed E-state index contributed by atoms with van der Waals surface area (Å²) in [5.74, 6) is 0.843. The molecule has 0 saturated carbocycles. The summed E-state index contributed by atoms with van der Waals surface area (Å²) < 4.78 is 5.09. The predicted molar refractivity (Wildman–Crippen MR) is 72.6 cm³/mol. The van der Waals surface area contributed by atoms with Crippen LogP contribution in [0.15, 0.2) is 24.3 Å². The molecule has 4 heteroatoms. The SMILES string of the molecule is CC[C@@H](Br)C(=O)N[C@@H](C)c1ccc(OC)cc1. The fourth-order valence-electron chi connectivity index (χ4n) is 1.47. The second kappa shape index (κ2) is 6.64. The molecule has 1 N–H and O–H groups in total. The van der Waals surface area contributed by atoms with E-state index in [1.165, 1.54) is 0 Å². The Morgan fingerprint density at radius 2 is 2.00 bits per heavy atom. The highest BCUT2D eigenvalue weighted by molar-refractivity contribution is 9.10. The molecule has 1 aromatic rings. The number of ether oxygens (including phenoxy) is 1. The second-order valence-electron chi connectivity index (χ2n) is 3.88. The van der Waals surface area contributed by atoms with Crippen LogP contribution >= 0.6 is 15.9 Å². The first-order valence-electron chi connectivity index (χ1n) is 5.66. The molecule has 0 aliphatic rings. The minimum atomic E-state index is -0.122. The zero-order valence-corrected chi connectivity index (χ0v) is 12.0. The van der Waals surface area contributed by atoms with Crippen LogP contribution < -0.4 is 10.1 Å². The minimum Gasteiger partial charge on any atom is -0.497 e. The summed E-state index contributed by atoms with van der Waals surface area (Å²) in [7, 11) is 1.64. The molecule has 0 aliphatic heterocycles. The Bertz CT molecular complexity index is 364. The maximum atomic E-state index is 11.7. The number of amides is 1. The van der Waals surface area contributed by atoms with Crippen LogP contribution in [0.2, 0.25) is 0 Å². The molecule has 3 nitrogen and oxygen atoms in total. The van der Waals surface area contributed by atoms with Crippen LogP contribution in [0.25, 0.3) is 0 Å². The second-order valence-corrected chi connectivity index (χ2v) is 4.98. The van der Waals surface area contributed by atoms with E-state index >= 15 is 0 Å². The Balaban J connectivity index is 2.63. The van der Waals surface area contributed by atoms with Crippen molar-refractivity contribution in [2.24, 2.45) is 0 Å². The van der Waals surface area contributed by atoms with Gasteiger partial charge in [0.1, 0.15) is 5.75 Å². The van der Waals surface area contributed by atoms with E-state index in [2.05, 4.69) is 21.2 Å².